The van der Waals surface area contributed by atoms with Crippen molar-refractivity contribution in [2.75, 3.05) is 18.5 Å². The van der Waals surface area contributed by atoms with Crippen molar-refractivity contribution in [2.24, 2.45) is 5.92 Å². The highest BCUT2D eigenvalue weighted by molar-refractivity contribution is 6.30. The summed E-state index contributed by atoms with van der Waals surface area (Å²) in [5.41, 5.74) is 2.16. The molecule has 0 N–H and O–H groups in total. The van der Waals surface area contributed by atoms with Crippen LogP contribution in [0.4, 0.5) is 5.69 Å². The number of nitriles is 1. The molecule has 1 aliphatic heterocycles. The Bertz CT molecular complexity index is 873. The molecule has 2 aromatic rings. The van der Waals surface area contributed by atoms with E-state index < -0.39 is 5.92 Å². The first-order valence-corrected chi connectivity index (χ1v) is 8.68. The second-order valence-electron chi connectivity index (χ2n) is 6.31. The highest BCUT2D eigenvalue weighted by Gasteiger charge is 2.38. The van der Waals surface area contributed by atoms with Crippen molar-refractivity contribution in [1.82, 2.24) is 4.90 Å². The second kappa shape index (κ2) is 7.59. The smallest absolute Gasteiger partial charge is 0.239 e. The molecule has 2 amide bonds. The van der Waals surface area contributed by atoms with Gasteiger partial charge in [-0.05, 0) is 48.4 Å². The Morgan fingerprint density at radius 1 is 1.31 bits per heavy atom. The maximum atomic E-state index is 12.7. The van der Waals surface area contributed by atoms with Crippen molar-refractivity contribution in [3.05, 3.63) is 64.7 Å². The van der Waals surface area contributed by atoms with Crippen LogP contribution in [0.1, 0.15) is 17.5 Å². The van der Waals surface area contributed by atoms with Gasteiger partial charge >= 0.3 is 0 Å². The fraction of sp³-hybridized carbons (Fsp3) is 0.250. The summed E-state index contributed by atoms with van der Waals surface area (Å²) in [6.45, 7) is 0.869. The number of anilines is 1. The molecule has 1 atom stereocenters. The van der Waals surface area contributed by atoms with E-state index in [2.05, 4.69) is 6.07 Å². The van der Waals surface area contributed by atoms with E-state index in [1.165, 1.54) is 0 Å². The quantitative estimate of drug-likeness (QED) is 0.779. The largest absolute Gasteiger partial charge is 0.341 e. The molecule has 1 aliphatic rings. The molecule has 1 saturated heterocycles. The first-order chi connectivity index (χ1) is 12.5. The Morgan fingerprint density at radius 2 is 2.04 bits per heavy atom. The maximum Gasteiger partial charge on any atom is 0.239 e. The number of carbonyl (C=O) groups is 2. The van der Waals surface area contributed by atoms with Crippen LogP contribution < -0.4 is 4.90 Å². The van der Waals surface area contributed by atoms with Gasteiger partial charge in [0, 0.05) is 30.8 Å². The number of halogens is 1. The molecule has 0 saturated carbocycles. The van der Waals surface area contributed by atoms with Crippen LogP contribution in [0.15, 0.2) is 48.5 Å². The molecule has 0 radical (unpaired) electrons. The van der Waals surface area contributed by atoms with Crippen molar-refractivity contribution in [1.29, 1.82) is 5.26 Å². The van der Waals surface area contributed by atoms with Crippen LogP contribution >= 0.6 is 11.6 Å². The maximum absolute atomic E-state index is 12.7. The number of benzene rings is 2. The van der Waals surface area contributed by atoms with Gasteiger partial charge in [-0.2, -0.15) is 5.26 Å². The van der Waals surface area contributed by atoms with Gasteiger partial charge in [0.25, 0.3) is 0 Å². The summed E-state index contributed by atoms with van der Waals surface area (Å²) in [4.78, 5) is 28.6. The third-order valence-corrected chi connectivity index (χ3v) is 4.75. The molecule has 1 fully saturated rings. The number of rotatable bonds is 4. The Labute approximate surface area is 157 Å². The fourth-order valence-electron chi connectivity index (χ4n) is 3.14. The summed E-state index contributed by atoms with van der Waals surface area (Å²) >= 11 is 5.89. The van der Waals surface area contributed by atoms with E-state index in [4.69, 9.17) is 16.9 Å². The molecule has 5 nitrogen and oxygen atoms in total. The summed E-state index contributed by atoms with van der Waals surface area (Å²) in [5.74, 6) is -1.06. The molecule has 0 spiro atoms. The zero-order chi connectivity index (χ0) is 18.7. The summed E-state index contributed by atoms with van der Waals surface area (Å²) in [7, 11) is 1.68. The van der Waals surface area contributed by atoms with Gasteiger partial charge in [-0.3, -0.25) is 9.59 Å². The van der Waals surface area contributed by atoms with E-state index in [1.807, 2.05) is 6.07 Å². The van der Waals surface area contributed by atoms with Gasteiger partial charge in [0.2, 0.25) is 11.8 Å². The average Bonchev–Trinajstić information content (AvgIpc) is 3.03. The van der Waals surface area contributed by atoms with Crippen molar-refractivity contribution in [3.8, 4) is 6.07 Å². The van der Waals surface area contributed by atoms with Gasteiger partial charge in [-0.25, -0.2) is 0 Å². The highest BCUT2D eigenvalue weighted by atomic mass is 35.5. The first-order valence-electron chi connectivity index (χ1n) is 8.30. The number of amides is 2. The van der Waals surface area contributed by atoms with Gasteiger partial charge in [0.05, 0.1) is 11.6 Å². The van der Waals surface area contributed by atoms with Crippen molar-refractivity contribution in [2.45, 2.75) is 13.0 Å². The molecule has 2 aromatic carbocycles. The highest BCUT2D eigenvalue weighted by Crippen LogP contribution is 2.27. The molecule has 0 bridgehead atoms. The molecule has 0 aliphatic carbocycles. The second-order valence-corrected chi connectivity index (χ2v) is 6.75. The fourth-order valence-corrected chi connectivity index (χ4v) is 3.27. The Hall–Kier alpha value is -2.84. The Kier molecular flexibility index (Phi) is 5.24. The number of carbonyl (C=O) groups excluding carboxylic acids is 2. The van der Waals surface area contributed by atoms with Gasteiger partial charge < -0.3 is 9.80 Å². The zero-order valence-electron chi connectivity index (χ0n) is 14.4. The van der Waals surface area contributed by atoms with Crippen LogP contribution in [-0.4, -0.2) is 30.3 Å². The molecular formula is C20H18ClN3O2. The van der Waals surface area contributed by atoms with Crippen molar-refractivity contribution >= 4 is 29.1 Å². The monoisotopic (exact) mass is 367 g/mol. The summed E-state index contributed by atoms with van der Waals surface area (Å²) in [6.07, 6.45) is 0.489. The minimum absolute atomic E-state index is 0.185. The minimum atomic E-state index is -0.671. The van der Waals surface area contributed by atoms with E-state index in [-0.39, 0.29) is 11.8 Å². The predicted molar refractivity (Wildman–Crippen MR) is 99.5 cm³/mol. The molecule has 3 rings (SSSR count). The minimum Gasteiger partial charge on any atom is -0.341 e. The summed E-state index contributed by atoms with van der Waals surface area (Å²) < 4.78 is 0. The zero-order valence-corrected chi connectivity index (χ0v) is 15.1. The number of hydrogen-bond donors (Lipinski definition) is 0. The van der Waals surface area contributed by atoms with Crippen LogP contribution in [0.2, 0.25) is 5.02 Å². The first kappa shape index (κ1) is 18.0. The molecular weight excluding hydrogens is 350 g/mol. The lowest BCUT2D eigenvalue weighted by Crippen LogP contribution is -2.37. The van der Waals surface area contributed by atoms with Crippen LogP contribution in [0.3, 0.4) is 0 Å². The van der Waals surface area contributed by atoms with E-state index in [0.717, 1.165) is 11.3 Å². The lowest BCUT2D eigenvalue weighted by atomic mass is 10.1. The van der Waals surface area contributed by atoms with E-state index in [0.29, 0.717) is 30.1 Å². The Balaban J connectivity index is 1.68. The predicted octanol–water partition coefficient (Wildman–Crippen LogP) is 3.22. The summed E-state index contributed by atoms with van der Waals surface area (Å²) in [5, 5.41) is 9.58. The van der Waals surface area contributed by atoms with E-state index >= 15 is 0 Å². The Morgan fingerprint density at radius 3 is 2.73 bits per heavy atom. The SMILES string of the molecule is CN(Cc1cccc(C#N)c1)C(=O)C1CCN(c2ccc(Cl)cc2)C1=O. The average molecular weight is 368 g/mol. The van der Waals surface area contributed by atoms with E-state index in [9.17, 15) is 9.59 Å². The molecule has 1 unspecified atom stereocenters. The third-order valence-electron chi connectivity index (χ3n) is 4.49. The van der Waals surface area contributed by atoms with Gasteiger partial charge in [-0.15, -0.1) is 0 Å². The van der Waals surface area contributed by atoms with Gasteiger partial charge in [-0.1, -0.05) is 23.7 Å². The molecule has 1 heterocycles. The van der Waals surface area contributed by atoms with E-state index in [1.54, 1.807) is 59.3 Å². The van der Waals surface area contributed by atoms with Crippen LogP contribution in [0, 0.1) is 17.2 Å². The van der Waals surface area contributed by atoms with Crippen molar-refractivity contribution in [3.63, 3.8) is 0 Å². The normalized spacial score (nSPS) is 16.4. The van der Waals surface area contributed by atoms with Crippen molar-refractivity contribution < 1.29 is 9.59 Å². The van der Waals surface area contributed by atoms with Gasteiger partial charge in [0.15, 0.2) is 0 Å². The van der Waals surface area contributed by atoms with Crippen LogP contribution in [0.25, 0.3) is 0 Å². The van der Waals surface area contributed by atoms with Gasteiger partial charge in [0.1, 0.15) is 5.92 Å². The lowest BCUT2D eigenvalue weighted by molar-refractivity contribution is -0.139. The molecule has 6 heteroatoms. The van der Waals surface area contributed by atoms with Crippen LogP contribution in [0.5, 0.6) is 0 Å². The molecule has 132 valence electrons. The van der Waals surface area contributed by atoms with Crippen LogP contribution in [-0.2, 0) is 16.1 Å². The lowest BCUT2D eigenvalue weighted by Gasteiger charge is -2.21. The topological polar surface area (TPSA) is 64.4 Å². The standard InChI is InChI=1S/C20H18ClN3O2/c1-23(13-15-4-2-3-14(11-15)12-22)19(25)18-9-10-24(20(18)26)17-7-5-16(21)6-8-17/h2-8,11,18H,9-10,13H2,1H3. The molecule has 26 heavy (non-hydrogen) atoms. The molecule has 0 aromatic heterocycles. The number of nitrogens with zero attached hydrogens (tertiary/aromatic N) is 3. The summed E-state index contributed by atoms with van der Waals surface area (Å²) in [6, 6.07) is 16.2. The number of hydrogen-bond acceptors (Lipinski definition) is 3. The third kappa shape index (κ3) is 3.71.